The topological polar surface area (TPSA) is 67.8 Å². The number of ether oxygens (including phenoxy) is 2. The minimum absolute atomic E-state index is 0.549. The predicted molar refractivity (Wildman–Crippen MR) is 94.0 cm³/mol. The molecule has 0 aliphatic carbocycles. The maximum absolute atomic E-state index is 11.5. The SMILES string of the molecule is COc1ccc(CNc2ccccc2C(C)(C)C(=O)O)cc1OC. The summed E-state index contributed by atoms with van der Waals surface area (Å²) >= 11 is 0. The third-order valence-corrected chi connectivity index (χ3v) is 4.07. The number of nitrogens with one attached hydrogen (secondary N) is 1. The molecule has 2 aromatic carbocycles. The summed E-state index contributed by atoms with van der Waals surface area (Å²) in [4.78, 5) is 11.5. The molecule has 0 unspecified atom stereocenters. The molecule has 0 radical (unpaired) electrons. The number of para-hydroxylation sites is 1. The molecule has 5 heteroatoms. The second-order valence-corrected chi connectivity index (χ2v) is 6.02. The van der Waals surface area contributed by atoms with E-state index in [9.17, 15) is 9.90 Å². The second kappa shape index (κ2) is 7.25. The highest BCUT2D eigenvalue weighted by Crippen LogP contribution is 2.31. The maximum Gasteiger partial charge on any atom is 0.313 e. The highest BCUT2D eigenvalue weighted by atomic mass is 16.5. The average molecular weight is 329 g/mol. The Hall–Kier alpha value is -2.69. The zero-order valence-electron chi connectivity index (χ0n) is 14.4. The normalized spacial score (nSPS) is 11.0. The number of hydrogen-bond acceptors (Lipinski definition) is 4. The quantitative estimate of drug-likeness (QED) is 0.811. The lowest BCUT2D eigenvalue weighted by Crippen LogP contribution is -2.29. The van der Waals surface area contributed by atoms with E-state index in [2.05, 4.69) is 5.32 Å². The molecule has 2 rings (SSSR count). The summed E-state index contributed by atoms with van der Waals surface area (Å²) < 4.78 is 10.5. The number of anilines is 1. The van der Waals surface area contributed by atoms with Crippen LogP contribution in [0.1, 0.15) is 25.0 Å². The van der Waals surface area contributed by atoms with Gasteiger partial charge < -0.3 is 19.9 Å². The van der Waals surface area contributed by atoms with E-state index in [1.54, 1.807) is 28.1 Å². The van der Waals surface area contributed by atoms with Crippen molar-refractivity contribution in [1.82, 2.24) is 0 Å². The third-order valence-electron chi connectivity index (χ3n) is 4.07. The number of rotatable bonds is 7. The van der Waals surface area contributed by atoms with E-state index in [0.29, 0.717) is 18.0 Å². The summed E-state index contributed by atoms with van der Waals surface area (Å²) in [6, 6.07) is 13.2. The first kappa shape index (κ1) is 17.7. The van der Waals surface area contributed by atoms with E-state index in [-0.39, 0.29) is 0 Å². The lowest BCUT2D eigenvalue weighted by Gasteiger charge is -2.23. The number of carboxylic acids is 1. The van der Waals surface area contributed by atoms with Gasteiger partial charge in [-0.1, -0.05) is 24.3 Å². The number of methoxy groups -OCH3 is 2. The summed E-state index contributed by atoms with van der Waals surface area (Å²) in [6.45, 7) is 3.95. The van der Waals surface area contributed by atoms with E-state index in [1.807, 2.05) is 42.5 Å². The van der Waals surface area contributed by atoms with Crippen molar-refractivity contribution in [2.45, 2.75) is 25.8 Å². The molecule has 0 saturated carbocycles. The molecule has 2 N–H and O–H groups in total. The van der Waals surface area contributed by atoms with Crippen LogP contribution in [-0.2, 0) is 16.8 Å². The lowest BCUT2D eigenvalue weighted by atomic mass is 9.83. The Morgan fingerprint density at radius 2 is 1.75 bits per heavy atom. The van der Waals surface area contributed by atoms with Crippen LogP contribution in [-0.4, -0.2) is 25.3 Å². The number of aliphatic carboxylic acids is 1. The zero-order valence-corrected chi connectivity index (χ0v) is 14.4. The predicted octanol–water partition coefficient (Wildman–Crippen LogP) is 3.68. The standard InChI is InChI=1S/C19H23NO4/c1-19(2,18(21)22)14-7-5-6-8-15(14)20-12-13-9-10-16(23-3)17(11-13)24-4/h5-11,20H,12H2,1-4H3,(H,21,22). The van der Waals surface area contributed by atoms with E-state index in [0.717, 1.165) is 16.8 Å². The van der Waals surface area contributed by atoms with Crippen LogP contribution in [0.2, 0.25) is 0 Å². The van der Waals surface area contributed by atoms with Gasteiger partial charge >= 0.3 is 5.97 Å². The molecule has 2 aromatic rings. The first-order valence-corrected chi connectivity index (χ1v) is 7.67. The van der Waals surface area contributed by atoms with Crippen molar-refractivity contribution >= 4 is 11.7 Å². The molecule has 0 saturated heterocycles. The molecule has 0 bridgehead atoms. The Balaban J connectivity index is 2.23. The largest absolute Gasteiger partial charge is 0.493 e. The highest BCUT2D eigenvalue weighted by molar-refractivity contribution is 5.83. The molecule has 0 atom stereocenters. The Labute approximate surface area is 142 Å². The van der Waals surface area contributed by atoms with Crippen LogP contribution < -0.4 is 14.8 Å². The molecule has 5 nitrogen and oxygen atoms in total. The van der Waals surface area contributed by atoms with Crippen molar-refractivity contribution in [3.05, 3.63) is 53.6 Å². The summed E-state index contributed by atoms with van der Waals surface area (Å²) in [5, 5.41) is 12.8. The van der Waals surface area contributed by atoms with Gasteiger partial charge in [-0.05, 0) is 43.2 Å². The maximum atomic E-state index is 11.5. The molecule has 0 spiro atoms. The van der Waals surface area contributed by atoms with Crippen molar-refractivity contribution in [3.8, 4) is 11.5 Å². The Bertz CT molecular complexity index is 725. The monoisotopic (exact) mass is 329 g/mol. The first-order valence-electron chi connectivity index (χ1n) is 7.67. The fourth-order valence-corrected chi connectivity index (χ4v) is 2.49. The molecule has 0 aromatic heterocycles. The van der Waals surface area contributed by atoms with Gasteiger partial charge in [0.25, 0.3) is 0 Å². The minimum atomic E-state index is -0.971. The van der Waals surface area contributed by atoms with Crippen LogP contribution in [0.15, 0.2) is 42.5 Å². The van der Waals surface area contributed by atoms with Gasteiger partial charge in [0.15, 0.2) is 11.5 Å². The number of hydrogen-bond donors (Lipinski definition) is 2. The van der Waals surface area contributed by atoms with Crippen LogP contribution >= 0.6 is 0 Å². The van der Waals surface area contributed by atoms with E-state index >= 15 is 0 Å². The van der Waals surface area contributed by atoms with Crippen molar-refractivity contribution in [2.75, 3.05) is 19.5 Å². The molecule has 0 heterocycles. The molecular formula is C19H23NO4. The van der Waals surface area contributed by atoms with Crippen LogP contribution in [0.4, 0.5) is 5.69 Å². The second-order valence-electron chi connectivity index (χ2n) is 6.02. The molecule has 0 fully saturated rings. The van der Waals surface area contributed by atoms with Gasteiger partial charge in [0.05, 0.1) is 19.6 Å². The van der Waals surface area contributed by atoms with E-state index in [4.69, 9.17) is 9.47 Å². The molecule has 128 valence electrons. The highest BCUT2D eigenvalue weighted by Gasteiger charge is 2.31. The van der Waals surface area contributed by atoms with Gasteiger partial charge in [-0.2, -0.15) is 0 Å². The van der Waals surface area contributed by atoms with Crippen molar-refractivity contribution in [3.63, 3.8) is 0 Å². The van der Waals surface area contributed by atoms with Gasteiger partial charge in [0.2, 0.25) is 0 Å². The Kier molecular flexibility index (Phi) is 5.34. The van der Waals surface area contributed by atoms with E-state index in [1.165, 1.54) is 0 Å². The van der Waals surface area contributed by atoms with Gasteiger partial charge in [-0.25, -0.2) is 0 Å². The molecule has 24 heavy (non-hydrogen) atoms. The zero-order chi connectivity index (χ0) is 17.7. The fourth-order valence-electron chi connectivity index (χ4n) is 2.49. The van der Waals surface area contributed by atoms with Crippen LogP contribution in [0, 0.1) is 0 Å². The third kappa shape index (κ3) is 3.62. The van der Waals surface area contributed by atoms with Gasteiger partial charge in [-0.15, -0.1) is 0 Å². The van der Waals surface area contributed by atoms with Crippen molar-refractivity contribution in [2.24, 2.45) is 0 Å². The van der Waals surface area contributed by atoms with Crippen LogP contribution in [0.3, 0.4) is 0 Å². The van der Waals surface area contributed by atoms with Crippen LogP contribution in [0.5, 0.6) is 11.5 Å². The number of benzene rings is 2. The molecule has 0 aliphatic rings. The molecule has 0 amide bonds. The van der Waals surface area contributed by atoms with Gasteiger partial charge in [0, 0.05) is 12.2 Å². The van der Waals surface area contributed by atoms with E-state index < -0.39 is 11.4 Å². The molecule has 0 aliphatic heterocycles. The molecular weight excluding hydrogens is 306 g/mol. The summed E-state index contributed by atoms with van der Waals surface area (Å²) in [5.74, 6) is 0.479. The summed E-state index contributed by atoms with van der Waals surface area (Å²) in [6.07, 6.45) is 0. The number of carboxylic acid groups (broad SMARTS) is 1. The van der Waals surface area contributed by atoms with Gasteiger partial charge in [-0.3, -0.25) is 4.79 Å². The minimum Gasteiger partial charge on any atom is -0.493 e. The van der Waals surface area contributed by atoms with Crippen molar-refractivity contribution < 1.29 is 19.4 Å². The fraction of sp³-hybridized carbons (Fsp3) is 0.316. The summed E-state index contributed by atoms with van der Waals surface area (Å²) in [7, 11) is 3.19. The number of carbonyl (C=O) groups is 1. The van der Waals surface area contributed by atoms with Crippen LogP contribution in [0.25, 0.3) is 0 Å². The van der Waals surface area contributed by atoms with Gasteiger partial charge in [0.1, 0.15) is 0 Å². The average Bonchev–Trinajstić information content (AvgIpc) is 2.59. The lowest BCUT2D eigenvalue weighted by molar-refractivity contribution is -0.142. The summed E-state index contributed by atoms with van der Waals surface area (Å²) in [5.41, 5.74) is 1.59. The first-order chi connectivity index (χ1) is 11.4. The Morgan fingerprint density at radius 1 is 1.08 bits per heavy atom. The smallest absolute Gasteiger partial charge is 0.313 e. The van der Waals surface area contributed by atoms with Crippen molar-refractivity contribution in [1.29, 1.82) is 0 Å². The Morgan fingerprint density at radius 3 is 2.38 bits per heavy atom.